The van der Waals surface area contributed by atoms with Crippen LogP contribution in [0.1, 0.15) is 0 Å². The maximum absolute atomic E-state index is 5.81. The lowest BCUT2D eigenvalue weighted by Crippen LogP contribution is -2.10. The second-order valence-electron chi connectivity index (χ2n) is 2.23. The van der Waals surface area contributed by atoms with Gasteiger partial charge >= 0.3 is 0 Å². The Hall–Kier alpha value is -0.540. The molecule has 0 saturated heterocycles. The highest BCUT2D eigenvalue weighted by molar-refractivity contribution is 6.42. The van der Waals surface area contributed by atoms with E-state index in [-0.39, 0.29) is 5.15 Å². The average Bonchev–Trinajstić information content (AvgIpc) is 1.94. The summed E-state index contributed by atoms with van der Waals surface area (Å²) in [4.78, 5) is 1.82. The molecule has 0 spiro atoms. The topological polar surface area (TPSA) is 29.0 Å². The van der Waals surface area contributed by atoms with Gasteiger partial charge in [0.05, 0.1) is 11.9 Å². The summed E-state index contributed by atoms with van der Waals surface area (Å²) in [5.41, 5.74) is 0.770. The van der Waals surface area contributed by atoms with Gasteiger partial charge in [-0.3, -0.25) is 0 Å². The second-order valence-corrected chi connectivity index (χ2v) is 2.97. The molecule has 1 aromatic heterocycles. The van der Waals surface area contributed by atoms with Crippen LogP contribution in [0.3, 0.4) is 0 Å². The van der Waals surface area contributed by atoms with Crippen molar-refractivity contribution in [2.75, 3.05) is 19.0 Å². The number of rotatable bonds is 1. The van der Waals surface area contributed by atoms with Crippen LogP contribution in [0, 0.1) is 0 Å². The quantitative estimate of drug-likeness (QED) is 0.679. The molecule has 0 atom stereocenters. The largest absolute Gasteiger partial charge is 0.375 e. The predicted molar refractivity (Wildman–Crippen MR) is 46.4 cm³/mol. The number of aromatic nitrogens is 2. The van der Waals surface area contributed by atoms with Crippen LogP contribution in [0.25, 0.3) is 0 Å². The van der Waals surface area contributed by atoms with Gasteiger partial charge in [0.2, 0.25) is 0 Å². The van der Waals surface area contributed by atoms with Crippen molar-refractivity contribution in [1.82, 2.24) is 10.2 Å². The lowest BCUT2D eigenvalue weighted by atomic mass is 10.4. The van der Waals surface area contributed by atoms with Gasteiger partial charge in [-0.05, 0) is 0 Å². The van der Waals surface area contributed by atoms with E-state index in [1.807, 2.05) is 19.0 Å². The third kappa shape index (κ3) is 1.73. The van der Waals surface area contributed by atoms with E-state index >= 15 is 0 Å². The Balaban J connectivity index is 3.17. The van der Waals surface area contributed by atoms with Gasteiger partial charge < -0.3 is 4.90 Å². The van der Waals surface area contributed by atoms with Crippen molar-refractivity contribution in [3.63, 3.8) is 0 Å². The number of hydrogen-bond acceptors (Lipinski definition) is 3. The van der Waals surface area contributed by atoms with E-state index in [0.717, 1.165) is 5.69 Å². The Morgan fingerprint density at radius 1 is 1.36 bits per heavy atom. The third-order valence-electron chi connectivity index (χ3n) is 1.21. The minimum absolute atomic E-state index is 0.234. The molecule has 0 N–H and O–H groups in total. The van der Waals surface area contributed by atoms with Crippen LogP contribution in [0.5, 0.6) is 0 Å². The molecule has 0 aromatic carbocycles. The highest BCUT2D eigenvalue weighted by Gasteiger charge is 2.06. The molecule has 0 amide bonds. The van der Waals surface area contributed by atoms with Crippen molar-refractivity contribution in [3.8, 4) is 0 Å². The molecule has 1 aromatic rings. The number of anilines is 1. The van der Waals surface area contributed by atoms with Crippen molar-refractivity contribution >= 4 is 28.9 Å². The first kappa shape index (κ1) is 8.56. The summed E-state index contributed by atoms with van der Waals surface area (Å²) in [5, 5.41) is 7.91. The van der Waals surface area contributed by atoms with E-state index in [0.29, 0.717) is 5.02 Å². The van der Waals surface area contributed by atoms with E-state index in [1.54, 1.807) is 6.20 Å². The highest BCUT2D eigenvalue weighted by atomic mass is 35.5. The molecule has 0 unspecified atom stereocenters. The van der Waals surface area contributed by atoms with Crippen LogP contribution in [-0.2, 0) is 0 Å². The zero-order valence-corrected chi connectivity index (χ0v) is 7.69. The average molecular weight is 192 g/mol. The molecule has 0 saturated carbocycles. The summed E-state index contributed by atoms with van der Waals surface area (Å²) in [6.45, 7) is 0. The summed E-state index contributed by atoms with van der Waals surface area (Å²) in [5.74, 6) is 0. The number of halogens is 2. The Bertz CT molecular complexity index is 262. The van der Waals surface area contributed by atoms with Crippen LogP contribution in [-0.4, -0.2) is 24.3 Å². The summed E-state index contributed by atoms with van der Waals surface area (Å²) < 4.78 is 0. The SMILES string of the molecule is CN(C)c1cnnc(Cl)c1Cl. The lowest BCUT2D eigenvalue weighted by molar-refractivity contribution is 1.00. The van der Waals surface area contributed by atoms with E-state index in [1.165, 1.54) is 0 Å². The highest BCUT2D eigenvalue weighted by Crippen LogP contribution is 2.27. The van der Waals surface area contributed by atoms with E-state index in [4.69, 9.17) is 23.2 Å². The van der Waals surface area contributed by atoms with Crippen LogP contribution in [0.4, 0.5) is 5.69 Å². The van der Waals surface area contributed by atoms with Gasteiger partial charge in [0.25, 0.3) is 0 Å². The molecule has 0 radical (unpaired) electrons. The monoisotopic (exact) mass is 191 g/mol. The number of hydrogen-bond donors (Lipinski definition) is 0. The zero-order chi connectivity index (χ0) is 8.43. The minimum Gasteiger partial charge on any atom is -0.375 e. The molecule has 0 bridgehead atoms. The van der Waals surface area contributed by atoms with Crippen molar-refractivity contribution in [3.05, 3.63) is 16.4 Å². The Morgan fingerprint density at radius 3 is 2.45 bits per heavy atom. The molecule has 0 aliphatic rings. The Morgan fingerprint density at radius 2 is 2.00 bits per heavy atom. The summed E-state index contributed by atoms with van der Waals surface area (Å²) >= 11 is 11.4. The first-order valence-corrected chi connectivity index (χ1v) is 3.72. The van der Waals surface area contributed by atoms with Gasteiger partial charge in [0.15, 0.2) is 5.15 Å². The smallest absolute Gasteiger partial charge is 0.172 e. The molecule has 1 rings (SSSR count). The van der Waals surface area contributed by atoms with Gasteiger partial charge in [-0.25, -0.2) is 0 Å². The molecule has 11 heavy (non-hydrogen) atoms. The summed E-state index contributed by atoms with van der Waals surface area (Å²) in [7, 11) is 3.72. The van der Waals surface area contributed by atoms with E-state index in [9.17, 15) is 0 Å². The first-order chi connectivity index (χ1) is 5.13. The van der Waals surface area contributed by atoms with Gasteiger partial charge in [-0.2, -0.15) is 5.10 Å². The molecule has 0 aliphatic carbocycles. The molecule has 0 aliphatic heterocycles. The normalized spacial score (nSPS) is 9.82. The van der Waals surface area contributed by atoms with Crippen molar-refractivity contribution in [2.24, 2.45) is 0 Å². The molecule has 5 heteroatoms. The van der Waals surface area contributed by atoms with Crippen molar-refractivity contribution in [1.29, 1.82) is 0 Å². The fraction of sp³-hybridized carbons (Fsp3) is 0.333. The van der Waals surface area contributed by atoms with Gasteiger partial charge in [0, 0.05) is 14.1 Å². The maximum atomic E-state index is 5.81. The molecule has 3 nitrogen and oxygen atoms in total. The third-order valence-corrected chi connectivity index (χ3v) is 1.95. The molecular formula is C6H7Cl2N3. The minimum atomic E-state index is 0.234. The van der Waals surface area contributed by atoms with Crippen molar-refractivity contribution in [2.45, 2.75) is 0 Å². The molecule has 0 fully saturated rings. The Labute approximate surface area is 74.9 Å². The van der Waals surface area contributed by atoms with E-state index in [2.05, 4.69) is 10.2 Å². The summed E-state index contributed by atoms with van der Waals surface area (Å²) in [6, 6.07) is 0. The van der Waals surface area contributed by atoms with E-state index < -0.39 is 0 Å². The van der Waals surface area contributed by atoms with Crippen molar-refractivity contribution < 1.29 is 0 Å². The van der Waals surface area contributed by atoms with Crippen LogP contribution in [0.2, 0.25) is 10.2 Å². The second kappa shape index (κ2) is 3.24. The van der Waals surface area contributed by atoms with Crippen LogP contribution < -0.4 is 4.90 Å². The first-order valence-electron chi connectivity index (χ1n) is 2.97. The fourth-order valence-corrected chi connectivity index (χ4v) is 1.05. The summed E-state index contributed by atoms with van der Waals surface area (Å²) in [6.07, 6.45) is 1.56. The Kier molecular flexibility index (Phi) is 2.52. The molecular weight excluding hydrogens is 185 g/mol. The molecule has 1 heterocycles. The van der Waals surface area contributed by atoms with Crippen LogP contribution >= 0.6 is 23.2 Å². The fourth-order valence-electron chi connectivity index (χ4n) is 0.652. The van der Waals surface area contributed by atoms with Gasteiger partial charge in [-0.15, -0.1) is 5.10 Å². The number of nitrogens with zero attached hydrogens (tertiary/aromatic N) is 3. The lowest BCUT2D eigenvalue weighted by Gasteiger charge is -2.12. The standard InChI is InChI=1S/C6H7Cl2N3/c1-11(2)4-3-9-10-6(8)5(4)7/h3H,1-2H3. The van der Waals surface area contributed by atoms with Crippen LogP contribution in [0.15, 0.2) is 6.20 Å². The predicted octanol–water partition coefficient (Wildman–Crippen LogP) is 1.85. The maximum Gasteiger partial charge on any atom is 0.172 e. The van der Waals surface area contributed by atoms with Gasteiger partial charge in [-0.1, -0.05) is 23.2 Å². The van der Waals surface area contributed by atoms with Gasteiger partial charge in [0.1, 0.15) is 5.02 Å². The zero-order valence-electron chi connectivity index (χ0n) is 6.17. The molecule has 60 valence electrons.